The molecule has 168 valence electrons. The Morgan fingerprint density at radius 3 is 2.42 bits per heavy atom. The van der Waals surface area contributed by atoms with E-state index in [9.17, 15) is 9.59 Å². The number of thioether (sulfide) groups is 1. The van der Waals surface area contributed by atoms with Gasteiger partial charge in [0.2, 0.25) is 5.91 Å². The lowest BCUT2D eigenvalue weighted by Crippen LogP contribution is -2.31. The molecule has 2 amide bonds. The van der Waals surface area contributed by atoms with E-state index in [2.05, 4.69) is 9.62 Å². The first kappa shape index (κ1) is 22.1. The molecule has 0 aromatic heterocycles. The van der Waals surface area contributed by atoms with Gasteiger partial charge in [0.15, 0.2) is 0 Å². The minimum absolute atomic E-state index is 0.0121. The fourth-order valence-corrected chi connectivity index (χ4v) is 5.93. The number of piperidine rings is 1. The molecule has 0 bridgehead atoms. The molecule has 2 heterocycles. The molecule has 5 rings (SSSR count). The third kappa shape index (κ3) is 5.11. The minimum atomic E-state index is -0.190. The number of hydrogen-bond acceptors (Lipinski definition) is 5. The highest BCUT2D eigenvalue weighted by Crippen LogP contribution is 2.40. The molecule has 0 atom stereocenters. The standard InChI is InChI=1S/C26H25N3O2S2/c30-25-18-32-24-14-9-19(17-23(24)29(25)21-7-3-1-4-8-21)26(31)27-20-10-12-22(13-11-20)33-28-15-5-2-6-16-28/h1,3-4,7-14,17H,2,5-6,15-16,18H2,(H,27,31). The number of carbonyl (C=O) groups excluding carboxylic acids is 2. The van der Waals surface area contributed by atoms with Crippen LogP contribution in [0.1, 0.15) is 29.6 Å². The molecule has 0 radical (unpaired) electrons. The first-order valence-corrected chi connectivity index (χ1v) is 12.9. The number of fused-ring (bicyclic) bond motifs is 1. The van der Waals surface area contributed by atoms with E-state index in [4.69, 9.17) is 0 Å². The number of para-hydroxylation sites is 1. The molecule has 0 unspecified atom stereocenters. The molecule has 0 saturated carbocycles. The average molecular weight is 476 g/mol. The predicted molar refractivity (Wildman–Crippen MR) is 136 cm³/mol. The van der Waals surface area contributed by atoms with E-state index in [1.165, 1.54) is 35.9 Å². The van der Waals surface area contributed by atoms with Crippen LogP contribution in [0.2, 0.25) is 0 Å². The normalized spacial score (nSPS) is 16.4. The van der Waals surface area contributed by atoms with Crippen LogP contribution < -0.4 is 10.2 Å². The van der Waals surface area contributed by atoms with Crippen molar-refractivity contribution in [1.29, 1.82) is 0 Å². The highest BCUT2D eigenvalue weighted by Gasteiger charge is 2.27. The maximum atomic E-state index is 13.0. The molecule has 1 fully saturated rings. The molecule has 3 aromatic carbocycles. The lowest BCUT2D eigenvalue weighted by Gasteiger charge is -2.29. The highest BCUT2D eigenvalue weighted by atomic mass is 32.2. The van der Waals surface area contributed by atoms with Crippen LogP contribution in [0.25, 0.3) is 0 Å². The molecule has 0 aliphatic carbocycles. The average Bonchev–Trinajstić information content (AvgIpc) is 2.86. The van der Waals surface area contributed by atoms with E-state index in [1.54, 1.807) is 16.8 Å². The van der Waals surface area contributed by atoms with Gasteiger partial charge in [-0.2, -0.15) is 0 Å². The summed E-state index contributed by atoms with van der Waals surface area (Å²) < 4.78 is 2.40. The maximum absolute atomic E-state index is 13.0. The molecule has 0 spiro atoms. The summed E-state index contributed by atoms with van der Waals surface area (Å²) in [6.07, 6.45) is 3.84. The molecule has 3 aromatic rings. The molecule has 5 nitrogen and oxygen atoms in total. The number of benzene rings is 3. The zero-order valence-corrected chi connectivity index (χ0v) is 19.8. The first-order chi connectivity index (χ1) is 16.2. The van der Waals surface area contributed by atoms with Crippen molar-refractivity contribution in [2.45, 2.75) is 29.1 Å². The number of hydrogen-bond donors (Lipinski definition) is 1. The number of nitrogens with one attached hydrogen (secondary N) is 1. The van der Waals surface area contributed by atoms with Crippen LogP contribution in [0.4, 0.5) is 17.1 Å². The van der Waals surface area contributed by atoms with Crippen LogP contribution in [0.15, 0.2) is 82.6 Å². The topological polar surface area (TPSA) is 52.7 Å². The number of amides is 2. The Kier molecular flexibility index (Phi) is 6.71. The summed E-state index contributed by atoms with van der Waals surface area (Å²) in [4.78, 5) is 29.6. The van der Waals surface area contributed by atoms with Crippen LogP contribution in [0.3, 0.4) is 0 Å². The smallest absolute Gasteiger partial charge is 0.255 e. The monoisotopic (exact) mass is 475 g/mol. The fraction of sp³-hybridized carbons (Fsp3) is 0.231. The quantitative estimate of drug-likeness (QED) is 0.445. The summed E-state index contributed by atoms with van der Waals surface area (Å²) in [6, 6.07) is 23.1. The van der Waals surface area contributed by atoms with Gasteiger partial charge in [0.05, 0.1) is 11.4 Å². The van der Waals surface area contributed by atoms with Crippen LogP contribution in [0.5, 0.6) is 0 Å². The summed E-state index contributed by atoms with van der Waals surface area (Å²) in [6.45, 7) is 2.25. The molecule has 2 aliphatic heterocycles. The predicted octanol–water partition coefficient (Wildman–Crippen LogP) is 6.20. The Balaban J connectivity index is 1.31. The number of carbonyl (C=O) groups is 2. The molecule has 33 heavy (non-hydrogen) atoms. The largest absolute Gasteiger partial charge is 0.322 e. The van der Waals surface area contributed by atoms with Gasteiger partial charge in [-0.3, -0.25) is 14.5 Å². The zero-order valence-electron chi connectivity index (χ0n) is 18.2. The van der Waals surface area contributed by atoms with Crippen molar-refractivity contribution in [3.05, 3.63) is 78.4 Å². The van der Waals surface area contributed by atoms with Crippen LogP contribution >= 0.6 is 23.7 Å². The van der Waals surface area contributed by atoms with Gasteiger partial charge in [-0.1, -0.05) is 24.6 Å². The number of rotatable bonds is 5. The first-order valence-electron chi connectivity index (χ1n) is 11.2. The van der Waals surface area contributed by atoms with Gasteiger partial charge in [0, 0.05) is 39.8 Å². The second-order valence-electron chi connectivity index (χ2n) is 8.10. The minimum Gasteiger partial charge on any atom is -0.322 e. The van der Waals surface area contributed by atoms with Gasteiger partial charge >= 0.3 is 0 Å². The summed E-state index contributed by atoms with van der Waals surface area (Å²) >= 11 is 3.29. The van der Waals surface area contributed by atoms with E-state index in [1.807, 2.05) is 72.8 Å². The fourth-order valence-electron chi connectivity index (χ4n) is 4.06. The second-order valence-corrected chi connectivity index (χ2v) is 10.3. The molecule has 7 heteroatoms. The maximum Gasteiger partial charge on any atom is 0.255 e. The number of nitrogens with zero attached hydrogens (tertiary/aromatic N) is 2. The molecule has 1 N–H and O–H groups in total. The van der Waals surface area contributed by atoms with Crippen LogP contribution in [0, 0.1) is 0 Å². The lowest BCUT2D eigenvalue weighted by atomic mass is 10.1. The third-order valence-corrected chi connectivity index (χ3v) is 7.89. The third-order valence-electron chi connectivity index (χ3n) is 5.74. The summed E-state index contributed by atoms with van der Waals surface area (Å²) in [5, 5.41) is 2.99. The Bertz CT molecular complexity index is 1150. The van der Waals surface area contributed by atoms with Crippen molar-refractivity contribution >= 4 is 52.6 Å². The SMILES string of the molecule is O=C(Nc1ccc(SN2CCCCC2)cc1)c1ccc2c(c1)N(c1ccccc1)C(=O)CS2. The summed E-state index contributed by atoms with van der Waals surface area (Å²) in [5.74, 6) is 0.207. The summed E-state index contributed by atoms with van der Waals surface area (Å²) in [7, 11) is 0. The van der Waals surface area contributed by atoms with Crippen LogP contribution in [-0.4, -0.2) is 35.0 Å². The molecular formula is C26H25N3O2S2. The van der Waals surface area contributed by atoms with Gasteiger partial charge < -0.3 is 5.32 Å². The molecular weight excluding hydrogens is 450 g/mol. The Labute approximate surface area is 202 Å². The van der Waals surface area contributed by atoms with Gasteiger partial charge in [0.25, 0.3) is 5.91 Å². The van der Waals surface area contributed by atoms with Crippen molar-refractivity contribution in [3.8, 4) is 0 Å². The van der Waals surface area contributed by atoms with Crippen molar-refractivity contribution in [2.75, 3.05) is 29.1 Å². The Hall–Kier alpha value is -2.74. The Morgan fingerprint density at radius 2 is 1.67 bits per heavy atom. The zero-order chi connectivity index (χ0) is 22.6. The van der Waals surface area contributed by atoms with Gasteiger partial charge in [-0.25, -0.2) is 4.31 Å². The van der Waals surface area contributed by atoms with E-state index in [0.717, 1.165) is 35.0 Å². The van der Waals surface area contributed by atoms with E-state index < -0.39 is 0 Å². The van der Waals surface area contributed by atoms with Gasteiger partial charge in [0.1, 0.15) is 0 Å². The van der Waals surface area contributed by atoms with Crippen LogP contribution in [-0.2, 0) is 4.79 Å². The number of anilines is 3. The van der Waals surface area contributed by atoms with Crippen molar-refractivity contribution in [3.63, 3.8) is 0 Å². The van der Waals surface area contributed by atoms with Crippen molar-refractivity contribution < 1.29 is 9.59 Å². The van der Waals surface area contributed by atoms with E-state index >= 15 is 0 Å². The van der Waals surface area contributed by atoms with Gasteiger partial charge in [-0.15, -0.1) is 11.8 Å². The highest BCUT2D eigenvalue weighted by molar-refractivity contribution is 8.00. The van der Waals surface area contributed by atoms with Gasteiger partial charge in [-0.05, 0) is 79.4 Å². The van der Waals surface area contributed by atoms with E-state index in [0.29, 0.717) is 11.3 Å². The second kappa shape index (κ2) is 10.0. The van der Waals surface area contributed by atoms with Crippen molar-refractivity contribution in [1.82, 2.24) is 4.31 Å². The molecule has 1 saturated heterocycles. The van der Waals surface area contributed by atoms with Crippen molar-refractivity contribution in [2.24, 2.45) is 0 Å². The van der Waals surface area contributed by atoms with E-state index in [-0.39, 0.29) is 11.8 Å². The summed E-state index contributed by atoms with van der Waals surface area (Å²) in [5.41, 5.74) is 2.84. The molecule has 2 aliphatic rings. The lowest BCUT2D eigenvalue weighted by molar-refractivity contribution is -0.115. The Morgan fingerprint density at radius 1 is 0.909 bits per heavy atom.